The van der Waals surface area contributed by atoms with Gasteiger partial charge in [-0.3, -0.25) is 0 Å². The summed E-state index contributed by atoms with van der Waals surface area (Å²) in [6.45, 7) is 0.148. The zero-order chi connectivity index (χ0) is 17.0. The summed E-state index contributed by atoms with van der Waals surface area (Å²) >= 11 is 3.27. The Morgan fingerprint density at radius 1 is 1.17 bits per heavy atom. The lowest BCUT2D eigenvalue weighted by Crippen LogP contribution is -2.34. The first-order valence-electron chi connectivity index (χ1n) is 6.97. The average Bonchev–Trinajstić information content (AvgIpc) is 2.47. The largest absolute Gasteiger partial charge is 0.301 e. The van der Waals surface area contributed by atoms with E-state index in [0.29, 0.717) is 5.56 Å². The molecular formula is C16H18BrFN2O2S. The predicted octanol–water partition coefficient (Wildman–Crippen LogP) is 3.17. The van der Waals surface area contributed by atoms with E-state index in [9.17, 15) is 12.8 Å². The molecule has 4 nitrogen and oxygen atoms in total. The number of rotatable bonds is 6. The maximum Gasteiger partial charge on any atom is 0.240 e. The van der Waals surface area contributed by atoms with Crippen LogP contribution in [0.1, 0.15) is 11.6 Å². The molecule has 2 rings (SSSR count). The van der Waals surface area contributed by atoms with Crippen molar-refractivity contribution in [3.8, 4) is 0 Å². The Balaban J connectivity index is 2.17. The lowest BCUT2D eigenvalue weighted by atomic mass is 10.1. The number of likely N-dealkylation sites (N-methyl/N-ethyl adjacent to an activating group) is 1. The van der Waals surface area contributed by atoms with Gasteiger partial charge in [0.15, 0.2) is 0 Å². The number of benzene rings is 2. The van der Waals surface area contributed by atoms with Gasteiger partial charge in [0.25, 0.3) is 0 Å². The molecule has 0 aliphatic rings. The van der Waals surface area contributed by atoms with Gasteiger partial charge >= 0.3 is 0 Å². The lowest BCUT2D eigenvalue weighted by Gasteiger charge is -2.25. The van der Waals surface area contributed by atoms with Crippen LogP contribution in [0.15, 0.2) is 57.9 Å². The highest BCUT2D eigenvalue weighted by atomic mass is 79.9. The molecule has 2 aromatic rings. The third-order valence-corrected chi connectivity index (χ3v) is 5.42. The van der Waals surface area contributed by atoms with Gasteiger partial charge in [-0.1, -0.05) is 28.1 Å². The van der Waals surface area contributed by atoms with Gasteiger partial charge in [-0.15, -0.1) is 0 Å². The number of nitrogens with zero attached hydrogens (tertiary/aromatic N) is 1. The highest BCUT2D eigenvalue weighted by Crippen LogP contribution is 2.20. The van der Waals surface area contributed by atoms with Crippen molar-refractivity contribution in [2.24, 2.45) is 0 Å². The summed E-state index contributed by atoms with van der Waals surface area (Å²) in [6.07, 6.45) is 0. The van der Waals surface area contributed by atoms with E-state index in [4.69, 9.17) is 0 Å². The van der Waals surface area contributed by atoms with Crippen molar-refractivity contribution in [2.45, 2.75) is 10.9 Å². The van der Waals surface area contributed by atoms with Gasteiger partial charge < -0.3 is 4.90 Å². The first-order valence-corrected chi connectivity index (χ1v) is 9.24. The van der Waals surface area contributed by atoms with E-state index in [2.05, 4.69) is 20.7 Å². The summed E-state index contributed by atoms with van der Waals surface area (Å²) in [6, 6.07) is 12.3. The van der Waals surface area contributed by atoms with Gasteiger partial charge in [0.1, 0.15) is 5.82 Å². The first-order chi connectivity index (χ1) is 10.8. The molecule has 0 bridgehead atoms. The minimum absolute atomic E-state index is 0.148. The summed E-state index contributed by atoms with van der Waals surface area (Å²) in [5.41, 5.74) is 0.716. The summed E-state index contributed by atoms with van der Waals surface area (Å²) in [5, 5.41) is 0. The maximum atomic E-state index is 13.4. The van der Waals surface area contributed by atoms with E-state index in [-0.39, 0.29) is 23.3 Å². The molecule has 2 aromatic carbocycles. The number of hydrogen-bond donors (Lipinski definition) is 1. The molecule has 0 fully saturated rings. The fraction of sp³-hybridized carbons (Fsp3) is 0.250. The molecular weight excluding hydrogens is 383 g/mol. The number of sulfonamides is 1. The van der Waals surface area contributed by atoms with Gasteiger partial charge in [0.05, 0.1) is 4.90 Å². The summed E-state index contributed by atoms with van der Waals surface area (Å²) in [5.74, 6) is -0.342. The molecule has 0 radical (unpaired) electrons. The lowest BCUT2D eigenvalue weighted by molar-refractivity contribution is 0.299. The van der Waals surface area contributed by atoms with Crippen LogP contribution < -0.4 is 4.72 Å². The van der Waals surface area contributed by atoms with Crippen LogP contribution >= 0.6 is 15.9 Å². The molecule has 0 aliphatic carbocycles. The Bertz CT molecular complexity index is 764. The molecule has 1 atom stereocenters. The van der Waals surface area contributed by atoms with Crippen molar-refractivity contribution < 1.29 is 12.8 Å². The van der Waals surface area contributed by atoms with Crippen LogP contribution in [0.5, 0.6) is 0 Å². The van der Waals surface area contributed by atoms with Crippen LogP contribution in [0, 0.1) is 5.82 Å². The summed E-state index contributed by atoms with van der Waals surface area (Å²) < 4.78 is 41.5. The van der Waals surface area contributed by atoms with Crippen molar-refractivity contribution in [3.05, 3.63) is 64.4 Å². The predicted molar refractivity (Wildman–Crippen MR) is 92.2 cm³/mol. The SMILES string of the molecule is CN(C)C(CNS(=O)(=O)c1ccc(Br)cc1)c1cccc(F)c1. The maximum absolute atomic E-state index is 13.4. The summed E-state index contributed by atoms with van der Waals surface area (Å²) in [7, 11) is 0.0308. The van der Waals surface area contributed by atoms with Crippen LogP contribution in [0.3, 0.4) is 0 Å². The van der Waals surface area contributed by atoms with Crippen LogP contribution in [0.4, 0.5) is 4.39 Å². The molecule has 124 valence electrons. The van der Waals surface area contributed by atoms with Crippen molar-refractivity contribution in [2.75, 3.05) is 20.6 Å². The molecule has 7 heteroatoms. The molecule has 0 saturated heterocycles. The quantitative estimate of drug-likeness (QED) is 0.809. The molecule has 0 heterocycles. The number of halogens is 2. The van der Waals surface area contributed by atoms with Crippen LogP contribution in [0.2, 0.25) is 0 Å². The summed E-state index contributed by atoms with van der Waals surface area (Å²) in [4.78, 5) is 2.04. The van der Waals surface area contributed by atoms with Crippen molar-refractivity contribution in [3.63, 3.8) is 0 Å². The van der Waals surface area contributed by atoms with Gasteiger partial charge in [-0.2, -0.15) is 0 Å². The zero-order valence-electron chi connectivity index (χ0n) is 12.8. The molecule has 1 N–H and O–H groups in total. The Morgan fingerprint density at radius 2 is 1.83 bits per heavy atom. The Kier molecular flexibility index (Phi) is 5.91. The van der Waals surface area contributed by atoms with Gasteiger partial charge in [-0.05, 0) is 56.1 Å². The zero-order valence-corrected chi connectivity index (χ0v) is 15.2. The normalized spacial score (nSPS) is 13.3. The van der Waals surface area contributed by atoms with E-state index in [1.54, 1.807) is 24.3 Å². The van der Waals surface area contributed by atoms with E-state index in [1.165, 1.54) is 24.3 Å². The molecule has 23 heavy (non-hydrogen) atoms. The first kappa shape index (κ1) is 18.1. The van der Waals surface area contributed by atoms with Crippen LogP contribution in [-0.4, -0.2) is 34.0 Å². The Morgan fingerprint density at radius 3 is 2.39 bits per heavy atom. The van der Waals surface area contributed by atoms with Crippen LogP contribution in [0.25, 0.3) is 0 Å². The number of hydrogen-bond acceptors (Lipinski definition) is 3. The second-order valence-electron chi connectivity index (χ2n) is 5.34. The van der Waals surface area contributed by atoms with Crippen LogP contribution in [-0.2, 0) is 10.0 Å². The minimum Gasteiger partial charge on any atom is -0.301 e. The molecule has 1 unspecified atom stereocenters. The van der Waals surface area contributed by atoms with Gasteiger partial charge in [0.2, 0.25) is 10.0 Å². The van der Waals surface area contributed by atoms with Crippen molar-refractivity contribution in [1.82, 2.24) is 9.62 Å². The molecule has 0 saturated carbocycles. The second kappa shape index (κ2) is 7.53. The third kappa shape index (κ3) is 4.84. The topological polar surface area (TPSA) is 49.4 Å². The highest BCUT2D eigenvalue weighted by molar-refractivity contribution is 9.10. The Labute approximate surface area is 144 Å². The van der Waals surface area contributed by atoms with E-state index < -0.39 is 10.0 Å². The standard InChI is InChI=1S/C16H18BrFN2O2S/c1-20(2)16(12-4-3-5-14(18)10-12)11-19-23(21,22)15-8-6-13(17)7-9-15/h3-10,16,19H,11H2,1-2H3. The third-order valence-electron chi connectivity index (χ3n) is 3.45. The van der Waals surface area contributed by atoms with E-state index in [1.807, 2.05) is 19.0 Å². The van der Waals surface area contributed by atoms with E-state index in [0.717, 1.165) is 4.47 Å². The molecule has 0 aliphatic heterocycles. The second-order valence-corrected chi connectivity index (χ2v) is 8.02. The average molecular weight is 401 g/mol. The fourth-order valence-corrected chi connectivity index (χ4v) is 3.50. The van der Waals surface area contributed by atoms with Crippen molar-refractivity contribution >= 4 is 26.0 Å². The minimum atomic E-state index is -3.61. The fourth-order valence-electron chi connectivity index (χ4n) is 2.20. The monoisotopic (exact) mass is 400 g/mol. The van der Waals surface area contributed by atoms with Gasteiger partial charge in [0, 0.05) is 17.1 Å². The number of nitrogens with one attached hydrogen (secondary N) is 1. The van der Waals surface area contributed by atoms with Crippen molar-refractivity contribution in [1.29, 1.82) is 0 Å². The smallest absolute Gasteiger partial charge is 0.240 e. The Hall–Kier alpha value is -1.28. The van der Waals surface area contributed by atoms with Gasteiger partial charge in [-0.25, -0.2) is 17.5 Å². The highest BCUT2D eigenvalue weighted by Gasteiger charge is 2.20. The molecule has 0 amide bonds. The molecule has 0 spiro atoms. The molecule has 0 aromatic heterocycles. The van der Waals surface area contributed by atoms with E-state index >= 15 is 0 Å².